The first kappa shape index (κ1) is 11.2. The summed E-state index contributed by atoms with van der Waals surface area (Å²) in [4.78, 5) is 14.0. The maximum atomic E-state index is 12.2. The van der Waals surface area contributed by atoms with Crippen LogP contribution in [0, 0.1) is 0 Å². The zero-order valence-electron chi connectivity index (χ0n) is 9.41. The zero-order valence-corrected chi connectivity index (χ0v) is 11.0. The molecule has 1 saturated heterocycles. The number of morpholine rings is 1. The van der Waals surface area contributed by atoms with Crippen LogP contribution in [0.4, 0.5) is 0 Å². The molecule has 92 valence electrons. The molecule has 0 aromatic carbocycles. The summed E-state index contributed by atoms with van der Waals surface area (Å²) in [5.74, 6) is 0.548. The van der Waals surface area contributed by atoms with E-state index in [-0.39, 0.29) is 5.91 Å². The molecular weight excluding hydrogens is 286 g/mol. The average Bonchev–Trinajstić information content (AvgIpc) is 3.13. The van der Waals surface area contributed by atoms with E-state index in [2.05, 4.69) is 26.1 Å². The molecule has 1 aliphatic carbocycles. The van der Waals surface area contributed by atoms with Gasteiger partial charge in [0.15, 0.2) is 5.69 Å². The van der Waals surface area contributed by atoms with Gasteiger partial charge in [-0.05, 0) is 28.8 Å². The number of amides is 1. The first-order chi connectivity index (χ1) is 8.27. The van der Waals surface area contributed by atoms with E-state index in [0.717, 1.165) is 10.2 Å². The largest absolute Gasteiger partial charge is 0.378 e. The van der Waals surface area contributed by atoms with Crippen LogP contribution in [0.5, 0.6) is 0 Å². The maximum absolute atomic E-state index is 12.2. The Morgan fingerprint density at radius 1 is 1.41 bits per heavy atom. The fourth-order valence-electron chi connectivity index (χ4n) is 2.04. The van der Waals surface area contributed by atoms with Crippen LogP contribution < -0.4 is 0 Å². The molecule has 2 aliphatic rings. The number of aromatic nitrogens is 2. The van der Waals surface area contributed by atoms with Gasteiger partial charge in [-0.1, -0.05) is 0 Å². The summed E-state index contributed by atoms with van der Waals surface area (Å²) in [5.41, 5.74) is 1.58. The molecule has 5 nitrogen and oxygen atoms in total. The van der Waals surface area contributed by atoms with Gasteiger partial charge in [0.1, 0.15) is 0 Å². The van der Waals surface area contributed by atoms with Crippen LogP contribution in [0.2, 0.25) is 0 Å². The summed E-state index contributed by atoms with van der Waals surface area (Å²) in [6.07, 6.45) is 2.37. The Labute approximate surface area is 108 Å². The third-order valence-electron chi connectivity index (χ3n) is 3.22. The highest BCUT2D eigenvalue weighted by Gasteiger charge is 2.31. The number of carbonyl (C=O) groups excluding carboxylic acids is 1. The number of carbonyl (C=O) groups is 1. The number of H-pyrrole nitrogens is 1. The molecule has 0 spiro atoms. The van der Waals surface area contributed by atoms with Gasteiger partial charge < -0.3 is 9.64 Å². The zero-order chi connectivity index (χ0) is 11.8. The van der Waals surface area contributed by atoms with Crippen molar-refractivity contribution in [3.05, 3.63) is 15.9 Å². The maximum Gasteiger partial charge on any atom is 0.275 e. The Balaban J connectivity index is 1.80. The van der Waals surface area contributed by atoms with Crippen molar-refractivity contribution in [3.8, 4) is 0 Å². The SMILES string of the molecule is O=C(c1n[nH]c(C2CC2)c1Br)N1CCOCC1. The van der Waals surface area contributed by atoms with E-state index in [1.165, 1.54) is 12.8 Å². The van der Waals surface area contributed by atoms with Gasteiger partial charge in [0.05, 0.1) is 23.4 Å². The molecule has 1 N–H and O–H groups in total. The lowest BCUT2D eigenvalue weighted by atomic mass is 10.2. The normalized spacial score (nSPS) is 20.6. The lowest BCUT2D eigenvalue weighted by Gasteiger charge is -2.26. The van der Waals surface area contributed by atoms with Crippen LogP contribution in [0.15, 0.2) is 4.47 Å². The van der Waals surface area contributed by atoms with Crippen LogP contribution in [-0.4, -0.2) is 47.3 Å². The number of nitrogens with one attached hydrogen (secondary N) is 1. The second-order valence-electron chi connectivity index (χ2n) is 4.48. The second kappa shape index (κ2) is 4.42. The predicted molar refractivity (Wildman–Crippen MR) is 65.0 cm³/mol. The summed E-state index contributed by atoms with van der Waals surface area (Å²) in [5, 5.41) is 7.13. The molecule has 6 heteroatoms. The van der Waals surface area contributed by atoms with Crippen LogP contribution in [0.25, 0.3) is 0 Å². The number of rotatable bonds is 2. The molecule has 0 atom stereocenters. The Hall–Kier alpha value is -0.880. The van der Waals surface area contributed by atoms with Gasteiger partial charge in [0.2, 0.25) is 0 Å². The summed E-state index contributed by atoms with van der Waals surface area (Å²) in [6.45, 7) is 2.53. The van der Waals surface area contributed by atoms with Crippen molar-refractivity contribution in [2.75, 3.05) is 26.3 Å². The lowest BCUT2D eigenvalue weighted by molar-refractivity contribution is 0.0298. The standard InChI is InChI=1S/C11H14BrN3O2/c12-8-9(7-1-2-7)13-14-10(8)11(16)15-3-5-17-6-4-15/h7H,1-6H2,(H,13,14). The molecule has 2 heterocycles. The monoisotopic (exact) mass is 299 g/mol. The number of ether oxygens (including phenoxy) is 1. The van der Waals surface area contributed by atoms with E-state index < -0.39 is 0 Å². The predicted octanol–water partition coefficient (Wildman–Crippen LogP) is 1.52. The smallest absolute Gasteiger partial charge is 0.275 e. The minimum Gasteiger partial charge on any atom is -0.378 e. The van der Waals surface area contributed by atoms with Gasteiger partial charge >= 0.3 is 0 Å². The minimum atomic E-state index is -0.0108. The van der Waals surface area contributed by atoms with E-state index in [4.69, 9.17) is 4.74 Å². The first-order valence-corrected chi connectivity index (χ1v) is 6.67. The molecule has 0 unspecified atom stereocenters. The van der Waals surface area contributed by atoms with Gasteiger partial charge in [-0.25, -0.2) is 0 Å². The summed E-state index contributed by atoms with van der Waals surface area (Å²) >= 11 is 3.49. The highest BCUT2D eigenvalue weighted by molar-refractivity contribution is 9.10. The van der Waals surface area contributed by atoms with E-state index in [1.807, 2.05) is 0 Å². The molecule has 0 radical (unpaired) electrons. The molecule has 3 rings (SSSR count). The molecule has 1 aliphatic heterocycles. The van der Waals surface area contributed by atoms with E-state index in [9.17, 15) is 4.79 Å². The third kappa shape index (κ3) is 2.11. The Bertz CT molecular complexity index is 436. The fraction of sp³-hybridized carbons (Fsp3) is 0.636. The first-order valence-electron chi connectivity index (χ1n) is 5.88. The van der Waals surface area contributed by atoms with Crippen molar-refractivity contribution in [3.63, 3.8) is 0 Å². The van der Waals surface area contributed by atoms with Crippen molar-refractivity contribution in [1.82, 2.24) is 15.1 Å². The number of nitrogens with zero attached hydrogens (tertiary/aromatic N) is 2. The van der Waals surface area contributed by atoms with Crippen molar-refractivity contribution in [1.29, 1.82) is 0 Å². The van der Waals surface area contributed by atoms with Crippen molar-refractivity contribution >= 4 is 21.8 Å². The van der Waals surface area contributed by atoms with E-state index in [1.54, 1.807) is 4.90 Å². The van der Waals surface area contributed by atoms with Gasteiger partial charge in [-0.15, -0.1) is 0 Å². The quantitative estimate of drug-likeness (QED) is 0.901. The number of hydrogen-bond acceptors (Lipinski definition) is 3. The molecule has 1 aromatic heterocycles. The van der Waals surface area contributed by atoms with Crippen LogP contribution >= 0.6 is 15.9 Å². The summed E-state index contributed by atoms with van der Waals surface area (Å²) in [7, 11) is 0. The van der Waals surface area contributed by atoms with Crippen LogP contribution in [0.1, 0.15) is 34.9 Å². The minimum absolute atomic E-state index is 0.0108. The summed E-state index contributed by atoms with van der Waals surface area (Å²) < 4.78 is 6.08. The number of hydrogen-bond donors (Lipinski definition) is 1. The second-order valence-corrected chi connectivity index (χ2v) is 5.27. The van der Waals surface area contributed by atoms with Gasteiger partial charge in [0, 0.05) is 19.0 Å². The molecule has 0 bridgehead atoms. The molecule has 1 saturated carbocycles. The van der Waals surface area contributed by atoms with Gasteiger partial charge in [0.25, 0.3) is 5.91 Å². The average molecular weight is 300 g/mol. The van der Waals surface area contributed by atoms with Gasteiger partial charge in [-0.2, -0.15) is 5.10 Å². The number of aromatic amines is 1. The third-order valence-corrected chi connectivity index (χ3v) is 4.02. The Morgan fingerprint density at radius 2 is 2.12 bits per heavy atom. The molecule has 1 amide bonds. The van der Waals surface area contributed by atoms with Crippen LogP contribution in [-0.2, 0) is 4.74 Å². The molecule has 17 heavy (non-hydrogen) atoms. The van der Waals surface area contributed by atoms with Crippen LogP contribution in [0.3, 0.4) is 0 Å². The lowest BCUT2D eigenvalue weighted by Crippen LogP contribution is -2.41. The van der Waals surface area contributed by atoms with E-state index in [0.29, 0.717) is 37.9 Å². The summed E-state index contributed by atoms with van der Waals surface area (Å²) in [6, 6.07) is 0. The topological polar surface area (TPSA) is 58.2 Å². The number of halogens is 1. The van der Waals surface area contributed by atoms with Gasteiger partial charge in [-0.3, -0.25) is 9.89 Å². The molecule has 2 fully saturated rings. The van der Waals surface area contributed by atoms with Crippen molar-refractivity contribution < 1.29 is 9.53 Å². The molecular formula is C11H14BrN3O2. The highest BCUT2D eigenvalue weighted by Crippen LogP contribution is 2.43. The Morgan fingerprint density at radius 3 is 2.76 bits per heavy atom. The Kier molecular flexibility index (Phi) is 2.92. The van der Waals surface area contributed by atoms with Crippen molar-refractivity contribution in [2.45, 2.75) is 18.8 Å². The van der Waals surface area contributed by atoms with Crippen molar-refractivity contribution in [2.24, 2.45) is 0 Å². The highest BCUT2D eigenvalue weighted by atomic mass is 79.9. The fourth-order valence-corrected chi connectivity index (χ4v) is 2.71. The molecule has 1 aromatic rings. The van der Waals surface area contributed by atoms with E-state index >= 15 is 0 Å².